The minimum atomic E-state index is 0.130. The minimum Gasteiger partial charge on any atom is -0.504 e. The number of hydrogen-bond donors (Lipinski definition) is 1. The van der Waals surface area contributed by atoms with E-state index in [0.29, 0.717) is 30.8 Å². The normalized spacial score (nSPS) is 10.9. The van der Waals surface area contributed by atoms with Crippen molar-refractivity contribution in [2.24, 2.45) is 0 Å². The second-order valence-corrected chi connectivity index (χ2v) is 4.82. The van der Waals surface area contributed by atoms with E-state index >= 15 is 0 Å². The van der Waals surface area contributed by atoms with Crippen molar-refractivity contribution in [1.29, 1.82) is 0 Å². The number of allylic oxidation sites excluding steroid dienone is 2. The quantitative estimate of drug-likeness (QED) is 0.547. The maximum atomic E-state index is 11.8. The van der Waals surface area contributed by atoms with Crippen LogP contribution in [0.3, 0.4) is 0 Å². The number of benzene rings is 1. The molecule has 1 aromatic carbocycles. The topological polar surface area (TPSA) is 46.5 Å². The van der Waals surface area contributed by atoms with Crippen LogP contribution in [0.4, 0.5) is 0 Å². The number of carbonyl (C=O) groups is 1. The second-order valence-electron chi connectivity index (χ2n) is 4.82. The van der Waals surface area contributed by atoms with Crippen LogP contribution in [0.5, 0.6) is 11.5 Å². The first-order valence-corrected chi connectivity index (χ1v) is 7.20. The molecule has 0 amide bonds. The highest BCUT2D eigenvalue weighted by atomic mass is 16.5. The first-order valence-electron chi connectivity index (χ1n) is 7.20. The van der Waals surface area contributed by atoms with Crippen LogP contribution in [0.1, 0.15) is 44.6 Å². The highest BCUT2D eigenvalue weighted by Crippen LogP contribution is 2.26. The minimum absolute atomic E-state index is 0.130. The standard InChI is InChI=1S/C17H24O3/c1-3-4-5-6-7-8-15(18)11-9-14-10-12-16(19)17(13-14)20-2/h4-5,10,12-13,19H,3,6-9,11H2,1-2H3. The Morgan fingerprint density at radius 2 is 2.10 bits per heavy atom. The van der Waals surface area contributed by atoms with Crippen LogP contribution in [0.15, 0.2) is 30.4 Å². The first kappa shape index (κ1) is 16.3. The Bertz CT molecular complexity index is 450. The Morgan fingerprint density at radius 1 is 1.30 bits per heavy atom. The van der Waals surface area contributed by atoms with Gasteiger partial charge in [-0.2, -0.15) is 0 Å². The third-order valence-electron chi connectivity index (χ3n) is 3.17. The van der Waals surface area contributed by atoms with Crippen LogP contribution in [-0.2, 0) is 11.2 Å². The summed E-state index contributed by atoms with van der Waals surface area (Å²) >= 11 is 0. The molecular formula is C17H24O3. The fraction of sp³-hybridized carbons (Fsp3) is 0.471. The van der Waals surface area contributed by atoms with E-state index < -0.39 is 0 Å². The highest BCUT2D eigenvalue weighted by molar-refractivity contribution is 5.78. The molecule has 3 nitrogen and oxygen atoms in total. The van der Waals surface area contributed by atoms with Gasteiger partial charge in [0.15, 0.2) is 11.5 Å². The van der Waals surface area contributed by atoms with E-state index in [1.807, 2.05) is 6.07 Å². The number of hydrogen-bond acceptors (Lipinski definition) is 3. The molecule has 0 aliphatic heterocycles. The zero-order chi connectivity index (χ0) is 14.8. The lowest BCUT2D eigenvalue weighted by Crippen LogP contribution is -2.00. The second kappa shape index (κ2) is 9.18. The molecule has 0 fully saturated rings. The van der Waals surface area contributed by atoms with Crippen molar-refractivity contribution < 1.29 is 14.6 Å². The van der Waals surface area contributed by atoms with E-state index in [-0.39, 0.29) is 5.75 Å². The third kappa shape index (κ3) is 5.91. The Balaban J connectivity index is 2.32. The summed E-state index contributed by atoms with van der Waals surface area (Å²) < 4.78 is 5.05. The van der Waals surface area contributed by atoms with E-state index in [4.69, 9.17) is 4.74 Å². The van der Waals surface area contributed by atoms with Gasteiger partial charge in [-0.3, -0.25) is 4.79 Å². The Kier molecular flexibility index (Phi) is 7.48. The number of aromatic hydroxyl groups is 1. The van der Waals surface area contributed by atoms with Gasteiger partial charge in [-0.05, 0) is 43.4 Å². The lowest BCUT2D eigenvalue weighted by molar-refractivity contribution is -0.119. The summed E-state index contributed by atoms with van der Waals surface area (Å²) in [6, 6.07) is 5.22. The highest BCUT2D eigenvalue weighted by Gasteiger charge is 2.05. The number of ketones is 1. The van der Waals surface area contributed by atoms with Gasteiger partial charge in [-0.25, -0.2) is 0 Å². The number of rotatable bonds is 9. The Labute approximate surface area is 121 Å². The molecule has 20 heavy (non-hydrogen) atoms. The number of aryl methyl sites for hydroxylation is 1. The van der Waals surface area contributed by atoms with Gasteiger partial charge < -0.3 is 9.84 Å². The van der Waals surface area contributed by atoms with E-state index in [1.54, 1.807) is 12.1 Å². The van der Waals surface area contributed by atoms with Crippen LogP contribution < -0.4 is 4.74 Å². The molecule has 0 bridgehead atoms. The summed E-state index contributed by atoms with van der Waals surface area (Å²) in [6.45, 7) is 2.10. The molecule has 0 aliphatic carbocycles. The summed E-state index contributed by atoms with van der Waals surface area (Å²) in [6.07, 6.45) is 9.11. The van der Waals surface area contributed by atoms with E-state index in [2.05, 4.69) is 19.1 Å². The predicted molar refractivity (Wildman–Crippen MR) is 81.3 cm³/mol. The molecule has 0 saturated carbocycles. The van der Waals surface area contributed by atoms with E-state index in [9.17, 15) is 9.90 Å². The van der Waals surface area contributed by atoms with Gasteiger partial charge in [-0.1, -0.05) is 25.1 Å². The summed E-state index contributed by atoms with van der Waals surface area (Å²) in [5.41, 5.74) is 1.01. The van der Waals surface area contributed by atoms with Gasteiger partial charge in [0.2, 0.25) is 0 Å². The molecule has 0 spiro atoms. The third-order valence-corrected chi connectivity index (χ3v) is 3.17. The summed E-state index contributed by atoms with van der Waals surface area (Å²) in [5.74, 6) is 0.881. The van der Waals surface area contributed by atoms with Crippen molar-refractivity contribution in [2.75, 3.05) is 7.11 Å². The molecule has 1 rings (SSSR count). The largest absolute Gasteiger partial charge is 0.504 e. The summed E-state index contributed by atoms with van der Waals surface area (Å²) in [5, 5.41) is 9.50. The molecule has 0 radical (unpaired) electrons. The van der Waals surface area contributed by atoms with E-state index in [1.165, 1.54) is 7.11 Å². The van der Waals surface area contributed by atoms with Crippen LogP contribution in [-0.4, -0.2) is 18.0 Å². The SMILES string of the molecule is CCC=CCCCC(=O)CCc1ccc(O)c(OC)c1. The fourth-order valence-electron chi connectivity index (χ4n) is 1.99. The lowest BCUT2D eigenvalue weighted by Gasteiger charge is -2.06. The number of unbranched alkanes of at least 4 members (excludes halogenated alkanes) is 1. The predicted octanol–water partition coefficient (Wildman–Crippen LogP) is 4.04. The smallest absolute Gasteiger partial charge is 0.160 e. The van der Waals surface area contributed by atoms with Crippen LogP contribution >= 0.6 is 0 Å². The fourth-order valence-corrected chi connectivity index (χ4v) is 1.99. The molecule has 3 heteroatoms. The number of carbonyl (C=O) groups excluding carboxylic acids is 1. The van der Waals surface area contributed by atoms with Gasteiger partial charge in [0, 0.05) is 12.8 Å². The maximum absolute atomic E-state index is 11.8. The molecule has 0 unspecified atom stereocenters. The number of phenols is 1. The average molecular weight is 276 g/mol. The zero-order valence-corrected chi connectivity index (χ0v) is 12.4. The molecule has 110 valence electrons. The molecular weight excluding hydrogens is 252 g/mol. The Morgan fingerprint density at radius 3 is 2.80 bits per heavy atom. The Hall–Kier alpha value is -1.77. The van der Waals surface area contributed by atoms with Gasteiger partial charge >= 0.3 is 0 Å². The molecule has 0 atom stereocenters. The monoisotopic (exact) mass is 276 g/mol. The van der Waals surface area contributed by atoms with Gasteiger partial charge in [0.25, 0.3) is 0 Å². The molecule has 1 N–H and O–H groups in total. The number of ether oxygens (including phenoxy) is 1. The van der Waals surface area contributed by atoms with Crippen LogP contribution in [0.25, 0.3) is 0 Å². The van der Waals surface area contributed by atoms with Crippen LogP contribution in [0, 0.1) is 0 Å². The van der Waals surface area contributed by atoms with Crippen molar-refractivity contribution in [3.63, 3.8) is 0 Å². The van der Waals surface area contributed by atoms with Crippen molar-refractivity contribution >= 4 is 5.78 Å². The van der Waals surface area contributed by atoms with Gasteiger partial charge in [-0.15, -0.1) is 0 Å². The molecule has 0 aliphatic rings. The number of Topliss-reactive ketones (excluding diaryl/α,β-unsaturated/α-hetero) is 1. The molecule has 0 heterocycles. The average Bonchev–Trinajstić information content (AvgIpc) is 2.46. The summed E-state index contributed by atoms with van der Waals surface area (Å²) in [4.78, 5) is 11.8. The molecule has 1 aromatic rings. The van der Waals surface area contributed by atoms with Gasteiger partial charge in [0.05, 0.1) is 7.11 Å². The van der Waals surface area contributed by atoms with Crippen molar-refractivity contribution in [2.45, 2.75) is 45.4 Å². The van der Waals surface area contributed by atoms with Crippen molar-refractivity contribution in [1.82, 2.24) is 0 Å². The van der Waals surface area contributed by atoms with Crippen molar-refractivity contribution in [3.8, 4) is 11.5 Å². The molecule has 0 aromatic heterocycles. The van der Waals surface area contributed by atoms with Crippen LogP contribution in [0.2, 0.25) is 0 Å². The van der Waals surface area contributed by atoms with Gasteiger partial charge in [0.1, 0.15) is 5.78 Å². The van der Waals surface area contributed by atoms with E-state index in [0.717, 1.165) is 24.8 Å². The maximum Gasteiger partial charge on any atom is 0.160 e. The first-order chi connectivity index (χ1) is 9.67. The zero-order valence-electron chi connectivity index (χ0n) is 12.4. The van der Waals surface area contributed by atoms with Crippen molar-refractivity contribution in [3.05, 3.63) is 35.9 Å². The molecule has 0 saturated heterocycles. The lowest BCUT2D eigenvalue weighted by atomic mass is 10.0. The summed E-state index contributed by atoms with van der Waals surface area (Å²) in [7, 11) is 1.52. The number of phenolic OH excluding ortho intramolecular Hbond substituents is 1. The number of methoxy groups -OCH3 is 1.